The Balaban J connectivity index is -0.00000000527. The van der Waals surface area contributed by atoms with Gasteiger partial charge in [-0.2, -0.15) is 0 Å². The first-order valence-corrected chi connectivity index (χ1v) is 4.89. The maximum atomic E-state index is 8.09. The number of aliphatic hydroxyl groups is 2. The fourth-order valence-electron chi connectivity index (χ4n) is 0.231. The van der Waals surface area contributed by atoms with Crippen LogP contribution in [0.2, 0.25) is 0 Å². The van der Waals surface area contributed by atoms with E-state index in [1.54, 1.807) is 0 Å². The Bertz CT molecular complexity index is 319. The standard InChI is InChI=1S/C4H10O3.12CN.2CH3.2Co.3Zn/c5-1-3-7-4-2-6;12*1-2;;;;;;;/h5-6H,1-4H2;;;;;;;;;;;;;2*1H3;;;;;/q;14*-1;;;;;+2. The van der Waals surface area contributed by atoms with E-state index < -0.39 is 0 Å². The number of hydrogen-bond acceptors (Lipinski definition) is 15. The van der Waals surface area contributed by atoms with E-state index >= 15 is 0 Å². The molecule has 0 amide bonds. The molecule has 0 saturated heterocycles. The molecule has 0 aromatic heterocycles. The normalized spacial score (nSPS) is 2.37. The molecule has 2 N–H and O–H groups in total. The van der Waals surface area contributed by atoms with Crippen LogP contribution in [0.15, 0.2) is 0 Å². The fourth-order valence-corrected chi connectivity index (χ4v) is 0.231. The SMILES string of the molecule is OCCOCCO.[C-]#N.[C-]#N.[C-]#N.[C-]#N.[C-]#N.[C-]#N.[C-]#N.[C-]#N.[C-]#N.[C-]#N.[C-]#N.[C-]#N.[CH3-].[CH3-].[Co].[Co].[Zn+2].[Zn].[Zn]. The molecule has 0 rings (SSSR count). The molecule has 202 valence electrons. The molecule has 0 aromatic rings. The van der Waals surface area contributed by atoms with Crippen molar-refractivity contribution in [3.63, 3.8) is 0 Å². The Morgan fingerprint density at radius 2 is 0.447 bits per heavy atom. The van der Waals surface area contributed by atoms with Crippen LogP contribution in [0.5, 0.6) is 0 Å². The van der Waals surface area contributed by atoms with Crippen molar-refractivity contribution < 1.29 is 107 Å². The van der Waals surface area contributed by atoms with Crippen LogP contribution in [-0.4, -0.2) is 36.6 Å². The Labute approximate surface area is 288 Å². The van der Waals surface area contributed by atoms with E-state index in [0.29, 0.717) is 13.2 Å². The molecule has 0 aliphatic carbocycles. The first-order chi connectivity index (χ1) is 15.4. The molecule has 2 radical (unpaired) electrons. The molecular weight excluding hydrogens is 746 g/mol. The van der Waals surface area contributed by atoms with Crippen molar-refractivity contribution in [2.24, 2.45) is 0 Å². The molecule has 0 saturated carbocycles. The van der Waals surface area contributed by atoms with Crippen molar-refractivity contribution in [3.8, 4) is 0 Å². The molecule has 15 nitrogen and oxygen atoms in total. The molecule has 20 heteroatoms. The van der Waals surface area contributed by atoms with Crippen molar-refractivity contribution >= 4 is 0 Å². The van der Waals surface area contributed by atoms with Crippen molar-refractivity contribution in [1.82, 2.24) is 0 Å². The number of nitrogens with zero attached hydrogens (tertiary/aromatic N) is 12. The Hall–Kier alpha value is -3.36. The Kier molecular flexibility index (Phi) is 63900. The van der Waals surface area contributed by atoms with Crippen molar-refractivity contribution in [3.05, 3.63) is 93.7 Å². The van der Waals surface area contributed by atoms with Gasteiger partial charge in [0.2, 0.25) is 0 Å². The minimum absolute atomic E-state index is 0. The second-order valence-corrected chi connectivity index (χ2v) is 1.06. The first-order valence-electron chi connectivity index (χ1n) is 4.89. The van der Waals surface area contributed by atoms with Crippen LogP contribution in [0, 0.1) is 157 Å². The van der Waals surface area contributed by atoms with Gasteiger partial charge >= 0.3 is 19.5 Å². The summed E-state index contributed by atoms with van der Waals surface area (Å²) in [5.74, 6) is 0. The van der Waals surface area contributed by atoms with Crippen LogP contribution in [0.4, 0.5) is 0 Å². The Morgan fingerprint density at radius 1 is 0.368 bits per heavy atom. The van der Waals surface area contributed by atoms with Gasteiger partial charge in [0.1, 0.15) is 0 Å². The molecule has 0 atom stereocenters. The van der Waals surface area contributed by atoms with Gasteiger partial charge in [0, 0.05) is 72.5 Å². The van der Waals surface area contributed by atoms with Gasteiger partial charge in [-0.1, -0.05) is 0 Å². The summed E-state index contributed by atoms with van der Waals surface area (Å²) in [6.07, 6.45) is 0. The van der Waals surface area contributed by atoms with Crippen LogP contribution < -0.4 is 0 Å². The molecule has 0 spiro atoms. The molecule has 0 aliphatic heterocycles. The maximum Gasteiger partial charge on any atom is 2.00 e. The summed E-state index contributed by atoms with van der Waals surface area (Å²) in [7, 11) is 0. The third-order valence-corrected chi connectivity index (χ3v) is 0.471. The number of hydrogen-bond donors (Lipinski definition) is 2. The van der Waals surface area contributed by atoms with E-state index in [-0.39, 0.29) is 120 Å². The second kappa shape index (κ2) is 13300. The minimum atomic E-state index is 0. The quantitative estimate of drug-likeness (QED) is 0.229. The Morgan fingerprint density at radius 3 is 0.500 bits per heavy atom. The summed E-state index contributed by atoms with van der Waals surface area (Å²) in [6.45, 7) is 57.7. The summed E-state index contributed by atoms with van der Waals surface area (Å²) in [5, 5.41) is 91.2. The fraction of sp³-hybridized carbons (Fsp3) is 0.222. The van der Waals surface area contributed by atoms with Crippen molar-refractivity contribution in [2.75, 3.05) is 26.4 Å². The van der Waals surface area contributed by atoms with Gasteiger partial charge in [0.25, 0.3) is 0 Å². The predicted octanol–water partition coefficient (Wildman–Crippen LogP) is 1.03. The third kappa shape index (κ3) is 79000. The maximum absolute atomic E-state index is 8.09. The molecule has 0 bridgehead atoms. The van der Waals surface area contributed by atoms with Gasteiger partial charge in [-0.15, -0.1) is 0 Å². The van der Waals surface area contributed by atoms with E-state index in [9.17, 15) is 0 Å². The van der Waals surface area contributed by atoms with E-state index in [0.717, 1.165) is 0 Å². The molecule has 0 unspecified atom stereocenters. The molecule has 0 heterocycles. The van der Waals surface area contributed by atoms with Crippen molar-refractivity contribution in [1.29, 1.82) is 63.1 Å². The smallest absolute Gasteiger partial charge is 0.512 e. The summed E-state index contributed by atoms with van der Waals surface area (Å²) < 4.78 is 4.63. The van der Waals surface area contributed by atoms with Crippen LogP contribution >= 0.6 is 0 Å². The van der Waals surface area contributed by atoms with Gasteiger partial charge in [-0.05, 0) is 0 Å². The summed E-state index contributed by atoms with van der Waals surface area (Å²) in [4.78, 5) is 0. The van der Waals surface area contributed by atoms with Gasteiger partial charge in [-0.25, -0.2) is 0 Å². The molecule has 0 fully saturated rings. The van der Waals surface area contributed by atoms with E-state index in [4.69, 9.17) is 152 Å². The van der Waals surface area contributed by atoms with Crippen LogP contribution in [-0.2, 0) is 96.7 Å². The van der Waals surface area contributed by atoms with E-state index in [2.05, 4.69) is 4.74 Å². The van der Waals surface area contributed by atoms with Gasteiger partial charge in [-0.3, -0.25) is 0 Å². The summed E-state index contributed by atoms with van der Waals surface area (Å²) in [6, 6.07) is 0. The number of aliphatic hydroxyl groups excluding tert-OH is 2. The average molecular weight is 762 g/mol. The third-order valence-electron chi connectivity index (χ3n) is 0.471. The molecule has 0 aliphatic rings. The van der Waals surface area contributed by atoms with E-state index in [1.807, 2.05) is 0 Å². The van der Waals surface area contributed by atoms with Gasteiger partial charge in [0.15, 0.2) is 0 Å². The van der Waals surface area contributed by atoms with Crippen LogP contribution in [0.1, 0.15) is 0 Å². The molecule has 0 aromatic carbocycles. The molecule has 38 heavy (non-hydrogen) atoms. The summed E-state index contributed by atoms with van der Waals surface area (Å²) >= 11 is 0. The van der Waals surface area contributed by atoms with Crippen molar-refractivity contribution in [2.45, 2.75) is 0 Å². The summed E-state index contributed by atoms with van der Waals surface area (Å²) in [5.41, 5.74) is 0. The minimum Gasteiger partial charge on any atom is -0.512 e. The second-order valence-electron chi connectivity index (χ2n) is 1.06. The topological polar surface area (TPSA) is 335 Å². The van der Waals surface area contributed by atoms with Gasteiger partial charge in [0.05, 0.1) is 26.4 Å². The zero-order chi connectivity index (χ0) is 29.5. The monoisotopic (exact) mass is 758 g/mol. The molecular formula is C18H16Co2N12O3Zn3-12. The first kappa shape index (κ1) is 183. The largest absolute Gasteiger partial charge is 2.00 e. The predicted molar refractivity (Wildman–Crippen MR) is 97.4 cm³/mol. The number of ether oxygens (including phenoxy) is 1. The van der Waals surface area contributed by atoms with Crippen LogP contribution in [0.3, 0.4) is 0 Å². The zero-order valence-corrected chi connectivity index (χ0v) is 31.3. The number of rotatable bonds is 4. The van der Waals surface area contributed by atoms with Gasteiger partial charge < -0.3 is 172 Å². The van der Waals surface area contributed by atoms with Crippen LogP contribution in [0.25, 0.3) is 0 Å². The average Bonchev–Trinajstić information content (AvgIpc) is 2.98. The zero-order valence-electron chi connectivity index (χ0n) is 20.3. The van der Waals surface area contributed by atoms with E-state index in [1.165, 1.54) is 0 Å².